The lowest BCUT2D eigenvalue weighted by Gasteiger charge is -2.38. The van der Waals surface area contributed by atoms with Crippen molar-refractivity contribution in [3.63, 3.8) is 0 Å². The molecule has 36 heavy (non-hydrogen) atoms. The Morgan fingerprint density at radius 3 is 2.53 bits per heavy atom. The third kappa shape index (κ3) is 4.36. The number of carbonyl (C=O) groups excluding carboxylic acids is 3. The molecule has 2 amide bonds. The molecule has 8 heteroatoms. The first-order chi connectivity index (χ1) is 17.5. The maximum atomic E-state index is 13.4. The van der Waals surface area contributed by atoms with E-state index in [1.165, 1.54) is 11.1 Å². The van der Waals surface area contributed by atoms with E-state index < -0.39 is 17.7 Å². The first-order valence-corrected chi connectivity index (χ1v) is 12.7. The molecule has 1 aromatic heterocycles. The number of benzene rings is 1. The van der Waals surface area contributed by atoms with E-state index in [1.54, 1.807) is 35.1 Å². The SMILES string of the molecule is CCOC(=O)N1CCC(N2C(=O)C(=O)/C(=C(/O)c3ccc4c(c3)CCCC4)C2c2ccccn2)CC1. The Labute approximate surface area is 210 Å². The monoisotopic (exact) mass is 489 g/mol. The van der Waals surface area contributed by atoms with Gasteiger partial charge in [0.05, 0.1) is 17.9 Å². The quantitative estimate of drug-likeness (QED) is 0.396. The average Bonchev–Trinajstić information content (AvgIpc) is 3.18. The normalized spacial score (nSPS) is 22.0. The van der Waals surface area contributed by atoms with E-state index in [1.807, 2.05) is 24.3 Å². The minimum absolute atomic E-state index is 0.0716. The Kier molecular flexibility index (Phi) is 6.76. The van der Waals surface area contributed by atoms with Crippen molar-refractivity contribution in [3.05, 3.63) is 70.6 Å². The van der Waals surface area contributed by atoms with Crippen molar-refractivity contribution in [2.75, 3.05) is 19.7 Å². The Morgan fingerprint density at radius 2 is 1.83 bits per heavy atom. The number of ether oxygens (including phenoxy) is 1. The molecule has 2 saturated heterocycles. The molecule has 1 N–H and O–H groups in total. The van der Waals surface area contributed by atoms with Crippen molar-refractivity contribution in [2.45, 2.75) is 57.5 Å². The molecule has 1 unspecified atom stereocenters. The second-order valence-electron chi connectivity index (χ2n) is 9.57. The first-order valence-electron chi connectivity index (χ1n) is 12.7. The van der Waals surface area contributed by atoms with Crippen LogP contribution in [0.1, 0.15) is 61.0 Å². The highest BCUT2D eigenvalue weighted by Crippen LogP contribution is 2.42. The molecule has 2 aromatic rings. The summed E-state index contributed by atoms with van der Waals surface area (Å²) < 4.78 is 5.11. The van der Waals surface area contributed by atoms with Gasteiger partial charge in [-0.05, 0) is 74.8 Å². The molecule has 3 heterocycles. The number of nitrogens with zero attached hydrogens (tertiary/aromatic N) is 3. The highest BCUT2D eigenvalue weighted by molar-refractivity contribution is 6.46. The van der Waals surface area contributed by atoms with Crippen LogP contribution in [0.25, 0.3) is 5.76 Å². The fourth-order valence-electron chi connectivity index (χ4n) is 5.63. The Hall–Kier alpha value is -3.68. The molecule has 0 bridgehead atoms. The van der Waals surface area contributed by atoms with E-state index in [-0.39, 0.29) is 23.5 Å². The number of pyridine rings is 1. The molecule has 0 radical (unpaired) electrons. The van der Waals surface area contributed by atoms with Crippen molar-refractivity contribution in [3.8, 4) is 0 Å². The van der Waals surface area contributed by atoms with Crippen molar-refractivity contribution in [1.82, 2.24) is 14.8 Å². The lowest BCUT2D eigenvalue weighted by molar-refractivity contribution is -0.142. The number of aryl methyl sites for hydroxylation is 2. The lowest BCUT2D eigenvalue weighted by atomic mass is 9.89. The Balaban J connectivity index is 1.51. The lowest BCUT2D eigenvalue weighted by Crippen LogP contribution is -2.48. The molecule has 2 aliphatic heterocycles. The zero-order chi connectivity index (χ0) is 25.2. The van der Waals surface area contributed by atoms with Gasteiger partial charge in [-0.1, -0.05) is 18.2 Å². The maximum absolute atomic E-state index is 13.4. The molecule has 0 spiro atoms. The number of aliphatic hydroxyl groups is 1. The van der Waals surface area contributed by atoms with Gasteiger partial charge in [0.15, 0.2) is 0 Å². The van der Waals surface area contributed by atoms with Crippen LogP contribution in [0.3, 0.4) is 0 Å². The first kappa shape index (κ1) is 24.0. The summed E-state index contributed by atoms with van der Waals surface area (Å²) in [6, 6.07) is 10.1. The maximum Gasteiger partial charge on any atom is 0.409 e. The second-order valence-corrected chi connectivity index (χ2v) is 9.57. The van der Waals surface area contributed by atoms with Crippen molar-refractivity contribution >= 4 is 23.5 Å². The summed E-state index contributed by atoms with van der Waals surface area (Å²) in [7, 11) is 0. The van der Waals surface area contributed by atoms with E-state index in [9.17, 15) is 19.5 Å². The summed E-state index contributed by atoms with van der Waals surface area (Å²) in [5.74, 6) is -1.50. The smallest absolute Gasteiger partial charge is 0.409 e. The average molecular weight is 490 g/mol. The van der Waals surface area contributed by atoms with Crippen LogP contribution in [0.4, 0.5) is 4.79 Å². The summed E-state index contributed by atoms with van der Waals surface area (Å²) >= 11 is 0. The van der Waals surface area contributed by atoms with Gasteiger partial charge in [0.25, 0.3) is 11.7 Å². The zero-order valence-corrected chi connectivity index (χ0v) is 20.5. The summed E-state index contributed by atoms with van der Waals surface area (Å²) in [4.78, 5) is 46.6. The molecule has 3 aliphatic rings. The predicted octanol–water partition coefficient (Wildman–Crippen LogP) is 4.00. The number of Topliss-reactive ketones (excluding diaryl/α,β-unsaturated/α-hetero) is 1. The number of amides is 2. The molecular formula is C28H31N3O5. The number of likely N-dealkylation sites (tertiary alicyclic amines) is 2. The van der Waals surface area contributed by atoms with Gasteiger partial charge in [-0.2, -0.15) is 0 Å². The fourth-order valence-corrected chi connectivity index (χ4v) is 5.63. The molecule has 0 saturated carbocycles. The Morgan fingerprint density at radius 1 is 1.08 bits per heavy atom. The van der Waals surface area contributed by atoms with Crippen LogP contribution in [0.15, 0.2) is 48.2 Å². The molecule has 5 rings (SSSR count). The van der Waals surface area contributed by atoms with Crippen LogP contribution < -0.4 is 0 Å². The number of aromatic nitrogens is 1. The van der Waals surface area contributed by atoms with E-state index in [2.05, 4.69) is 4.98 Å². The minimum atomic E-state index is -0.790. The topological polar surface area (TPSA) is 100 Å². The van der Waals surface area contributed by atoms with E-state index in [0.29, 0.717) is 43.8 Å². The second kappa shape index (κ2) is 10.1. The predicted molar refractivity (Wildman–Crippen MR) is 133 cm³/mol. The standard InChI is InChI=1S/C28H31N3O5/c1-2-36-28(35)30-15-12-21(13-16-30)31-24(22-9-5-6-14-29-22)23(26(33)27(31)34)25(32)20-11-10-18-7-3-4-8-19(18)17-20/h5-6,9-11,14,17,21,24,32H,2-4,7-8,12-13,15-16H2,1H3/b25-23+. The molecule has 1 atom stereocenters. The van der Waals surface area contributed by atoms with Crippen molar-refractivity contribution < 1.29 is 24.2 Å². The van der Waals surface area contributed by atoms with Crippen LogP contribution in [0, 0.1) is 0 Å². The number of ketones is 1. The number of fused-ring (bicyclic) bond motifs is 1. The van der Waals surface area contributed by atoms with Gasteiger partial charge in [-0.3, -0.25) is 14.6 Å². The van der Waals surface area contributed by atoms with Gasteiger partial charge in [0.2, 0.25) is 0 Å². The fraction of sp³-hybridized carbons (Fsp3) is 0.429. The van der Waals surface area contributed by atoms with Crippen LogP contribution in [-0.2, 0) is 27.2 Å². The van der Waals surface area contributed by atoms with Crippen LogP contribution in [0.5, 0.6) is 0 Å². The molecule has 1 aliphatic carbocycles. The van der Waals surface area contributed by atoms with Crippen molar-refractivity contribution in [1.29, 1.82) is 0 Å². The molecular weight excluding hydrogens is 458 g/mol. The van der Waals surface area contributed by atoms with Gasteiger partial charge in [-0.25, -0.2) is 4.79 Å². The van der Waals surface area contributed by atoms with Gasteiger partial charge in [-0.15, -0.1) is 0 Å². The summed E-state index contributed by atoms with van der Waals surface area (Å²) in [5, 5.41) is 11.4. The Bertz CT molecular complexity index is 1200. The number of hydrogen-bond donors (Lipinski definition) is 1. The zero-order valence-electron chi connectivity index (χ0n) is 20.5. The van der Waals surface area contributed by atoms with Crippen LogP contribution >= 0.6 is 0 Å². The highest BCUT2D eigenvalue weighted by atomic mass is 16.6. The number of piperidine rings is 1. The molecule has 188 valence electrons. The third-order valence-corrected chi connectivity index (χ3v) is 7.45. The van der Waals surface area contributed by atoms with E-state index in [4.69, 9.17) is 4.74 Å². The van der Waals surface area contributed by atoms with Crippen molar-refractivity contribution in [2.24, 2.45) is 0 Å². The third-order valence-electron chi connectivity index (χ3n) is 7.45. The van der Waals surface area contributed by atoms with Crippen LogP contribution in [-0.4, -0.2) is 63.4 Å². The van der Waals surface area contributed by atoms with E-state index >= 15 is 0 Å². The van der Waals surface area contributed by atoms with Gasteiger partial charge >= 0.3 is 6.09 Å². The van der Waals surface area contributed by atoms with Gasteiger partial charge in [0, 0.05) is 30.9 Å². The summed E-state index contributed by atoms with van der Waals surface area (Å²) in [6.07, 6.45) is 6.47. The highest BCUT2D eigenvalue weighted by Gasteiger charge is 2.50. The summed E-state index contributed by atoms with van der Waals surface area (Å²) in [5.41, 5.74) is 3.60. The van der Waals surface area contributed by atoms with Gasteiger partial charge in [0.1, 0.15) is 11.8 Å². The van der Waals surface area contributed by atoms with Gasteiger partial charge < -0.3 is 19.6 Å². The number of rotatable bonds is 4. The minimum Gasteiger partial charge on any atom is -0.507 e. The number of carbonyl (C=O) groups is 3. The molecule has 1 aromatic carbocycles. The van der Waals surface area contributed by atoms with E-state index in [0.717, 1.165) is 25.7 Å². The number of hydrogen-bond acceptors (Lipinski definition) is 6. The summed E-state index contributed by atoms with van der Waals surface area (Å²) in [6.45, 7) is 2.91. The molecule has 2 fully saturated rings. The van der Waals surface area contributed by atoms with Crippen LogP contribution in [0.2, 0.25) is 0 Å². The number of aliphatic hydroxyl groups excluding tert-OH is 1. The molecule has 8 nitrogen and oxygen atoms in total. The largest absolute Gasteiger partial charge is 0.507 e.